The predicted octanol–water partition coefficient (Wildman–Crippen LogP) is 3.81. The van der Waals surface area contributed by atoms with Crippen molar-refractivity contribution < 1.29 is 13.9 Å². The fourth-order valence-electron chi connectivity index (χ4n) is 3.03. The molecule has 0 radical (unpaired) electrons. The Morgan fingerprint density at radius 2 is 2.12 bits per heavy atom. The highest BCUT2D eigenvalue weighted by molar-refractivity contribution is 7.13. The second-order valence-electron chi connectivity index (χ2n) is 6.57. The van der Waals surface area contributed by atoms with Crippen molar-refractivity contribution in [1.82, 2.24) is 15.2 Å². The van der Waals surface area contributed by atoms with Crippen LogP contribution in [0.25, 0.3) is 10.9 Å². The van der Waals surface area contributed by atoms with Gasteiger partial charge in [-0.2, -0.15) is 0 Å². The highest BCUT2D eigenvalue weighted by atomic mass is 32.1. The lowest BCUT2D eigenvalue weighted by Crippen LogP contribution is -2.13. The Hall–Kier alpha value is -1.76. The van der Waals surface area contributed by atoms with Crippen LogP contribution in [0.3, 0.4) is 0 Å². The highest BCUT2D eigenvalue weighted by Crippen LogP contribution is 2.29. The number of nitrogens with zero attached hydrogens (tertiary/aromatic N) is 3. The SMILES string of the molecule is CC(C)OC(=O)Cc1nnc(-c2nc(CC3CCCCC3)cs2)o1. The van der Waals surface area contributed by atoms with Gasteiger partial charge in [0.1, 0.15) is 6.42 Å². The van der Waals surface area contributed by atoms with Crippen molar-refractivity contribution in [2.45, 2.75) is 64.9 Å². The van der Waals surface area contributed by atoms with Gasteiger partial charge < -0.3 is 9.15 Å². The van der Waals surface area contributed by atoms with E-state index in [4.69, 9.17) is 9.15 Å². The Bertz CT molecular complexity index is 674. The van der Waals surface area contributed by atoms with Gasteiger partial charge >= 0.3 is 5.97 Å². The molecule has 3 rings (SSSR count). The number of carbonyl (C=O) groups excluding carboxylic acids is 1. The summed E-state index contributed by atoms with van der Waals surface area (Å²) in [6.45, 7) is 3.61. The van der Waals surface area contributed by atoms with Crippen LogP contribution >= 0.6 is 11.3 Å². The fourth-order valence-corrected chi connectivity index (χ4v) is 3.78. The summed E-state index contributed by atoms with van der Waals surface area (Å²) in [7, 11) is 0. The first-order valence-corrected chi connectivity index (χ1v) is 9.44. The smallest absolute Gasteiger partial charge is 0.315 e. The topological polar surface area (TPSA) is 78.1 Å². The first-order chi connectivity index (χ1) is 11.6. The zero-order valence-corrected chi connectivity index (χ0v) is 15.0. The van der Waals surface area contributed by atoms with Crippen molar-refractivity contribution in [2.75, 3.05) is 0 Å². The molecule has 0 unspecified atom stereocenters. The summed E-state index contributed by atoms with van der Waals surface area (Å²) in [5, 5.41) is 10.7. The molecule has 2 aromatic heterocycles. The van der Waals surface area contributed by atoms with E-state index in [1.54, 1.807) is 13.8 Å². The molecular formula is C17H23N3O3S. The van der Waals surface area contributed by atoms with Crippen LogP contribution in [0.15, 0.2) is 9.80 Å². The molecule has 0 saturated heterocycles. The molecule has 0 atom stereocenters. The van der Waals surface area contributed by atoms with Gasteiger partial charge in [-0.15, -0.1) is 21.5 Å². The number of aromatic nitrogens is 3. The number of hydrogen-bond acceptors (Lipinski definition) is 7. The number of ether oxygens (including phenoxy) is 1. The Balaban J connectivity index is 1.59. The Morgan fingerprint density at radius 3 is 2.88 bits per heavy atom. The van der Waals surface area contributed by atoms with Crippen LogP contribution in [0, 0.1) is 5.92 Å². The summed E-state index contributed by atoms with van der Waals surface area (Å²) in [6.07, 6.45) is 7.50. The van der Waals surface area contributed by atoms with Crippen molar-refractivity contribution >= 4 is 17.3 Å². The van der Waals surface area contributed by atoms with E-state index in [0.29, 0.717) is 5.89 Å². The van der Waals surface area contributed by atoms with Crippen LogP contribution in [0.5, 0.6) is 0 Å². The van der Waals surface area contributed by atoms with Gasteiger partial charge in [0.05, 0.1) is 11.8 Å². The molecule has 0 aromatic carbocycles. The van der Waals surface area contributed by atoms with Gasteiger partial charge in [-0.3, -0.25) is 4.79 Å². The second kappa shape index (κ2) is 7.88. The molecule has 1 saturated carbocycles. The quantitative estimate of drug-likeness (QED) is 0.738. The molecule has 0 spiro atoms. The highest BCUT2D eigenvalue weighted by Gasteiger charge is 2.19. The normalized spacial score (nSPS) is 15.8. The Labute approximate surface area is 145 Å². The van der Waals surface area contributed by atoms with E-state index < -0.39 is 0 Å². The second-order valence-corrected chi connectivity index (χ2v) is 7.43. The minimum absolute atomic E-state index is 0.00845. The molecule has 2 aromatic rings. The molecule has 1 aliphatic carbocycles. The van der Waals surface area contributed by atoms with E-state index in [1.165, 1.54) is 43.4 Å². The van der Waals surface area contributed by atoms with Gasteiger partial charge in [-0.1, -0.05) is 32.1 Å². The van der Waals surface area contributed by atoms with Crippen LogP contribution in [-0.4, -0.2) is 27.3 Å². The van der Waals surface area contributed by atoms with Gasteiger partial charge in [0, 0.05) is 5.38 Å². The zero-order valence-electron chi connectivity index (χ0n) is 14.2. The molecule has 7 heteroatoms. The summed E-state index contributed by atoms with van der Waals surface area (Å²) in [4.78, 5) is 16.3. The number of thiazole rings is 1. The first-order valence-electron chi connectivity index (χ1n) is 8.57. The minimum Gasteiger partial charge on any atom is -0.463 e. The third-order valence-corrected chi connectivity index (χ3v) is 4.97. The predicted molar refractivity (Wildman–Crippen MR) is 90.6 cm³/mol. The third kappa shape index (κ3) is 4.63. The average Bonchev–Trinajstić information content (AvgIpc) is 3.17. The Morgan fingerprint density at radius 1 is 1.33 bits per heavy atom. The van der Waals surface area contributed by atoms with Crippen molar-refractivity contribution in [3.05, 3.63) is 17.0 Å². The Kier molecular flexibility index (Phi) is 5.60. The molecule has 0 amide bonds. The largest absolute Gasteiger partial charge is 0.463 e. The molecule has 0 aliphatic heterocycles. The fraction of sp³-hybridized carbons (Fsp3) is 0.647. The maximum Gasteiger partial charge on any atom is 0.315 e. The molecule has 130 valence electrons. The van der Waals surface area contributed by atoms with Crippen LogP contribution in [-0.2, 0) is 22.4 Å². The van der Waals surface area contributed by atoms with Crippen LogP contribution in [0.1, 0.15) is 57.5 Å². The van der Waals surface area contributed by atoms with Gasteiger partial charge in [0.2, 0.25) is 5.89 Å². The lowest BCUT2D eigenvalue weighted by atomic mass is 9.86. The van der Waals surface area contributed by atoms with Gasteiger partial charge in [0.25, 0.3) is 5.89 Å². The van der Waals surface area contributed by atoms with E-state index in [1.807, 2.05) is 0 Å². The summed E-state index contributed by atoms with van der Waals surface area (Å²) < 4.78 is 10.6. The monoisotopic (exact) mass is 349 g/mol. The van der Waals surface area contributed by atoms with Crippen molar-refractivity contribution in [2.24, 2.45) is 5.92 Å². The van der Waals surface area contributed by atoms with Crippen LogP contribution < -0.4 is 0 Å². The molecule has 1 fully saturated rings. The summed E-state index contributed by atoms with van der Waals surface area (Å²) in [5.41, 5.74) is 1.10. The van der Waals surface area contributed by atoms with Gasteiger partial charge in [0.15, 0.2) is 5.01 Å². The maximum atomic E-state index is 11.6. The number of esters is 1. The zero-order chi connectivity index (χ0) is 16.9. The van der Waals surface area contributed by atoms with E-state index in [0.717, 1.165) is 23.0 Å². The molecule has 2 heterocycles. The molecule has 0 N–H and O–H groups in total. The van der Waals surface area contributed by atoms with Crippen molar-refractivity contribution in [1.29, 1.82) is 0 Å². The number of hydrogen-bond donors (Lipinski definition) is 0. The molecular weight excluding hydrogens is 326 g/mol. The molecule has 0 bridgehead atoms. The first kappa shape index (κ1) is 17.1. The van der Waals surface area contributed by atoms with E-state index in [9.17, 15) is 4.79 Å². The molecule has 6 nitrogen and oxygen atoms in total. The standard InChI is InChI=1S/C17H23N3O3S/c1-11(2)22-15(21)9-14-19-20-16(23-14)17-18-13(10-24-17)8-12-6-4-3-5-7-12/h10-12H,3-9H2,1-2H3. The summed E-state index contributed by atoms with van der Waals surface area (Å²) >= 11 is 1.51. The maximum absolute atomic E-state index is 11.6. The van der Waals surface area contributed by atoms with Crippen LogP contribution in [0.2, 0.25) is 0 Å². The van der Waals surface area contributed by atoms with Crippen molar-refractivity contribution in [3.8, 4) is 10.9 Å². The molecule has 24 heavy (non-hydrogen) atoms. The number of carbonyl (C=O) groups is 1. The lowest BCUT2D eigenvalue weighted by Gasteiger charge is -2.20. The lowest BCUT2D eigenvalue weighted by molar-refractivity contribution is -0.146. The van der Waals surface area contributed by atoms with E-state index in [-0.39, 0.29) is 24.4 Å². The van der Waals surface area contributed by atoms with Gasteiger partial charge in [-0.05, 0) is 26.2 Å². The van der Waals surface area contributed by atoms with Crippen molar-refractivity contribution in [3.63, 3.8) is 0 Å². The van der Waals surface area contributed by atoms with E-state index >= 15 is 0 Å². The van der Waals surface area contributed by atoms with Crippen LogP contribution in [0.4, 0.5) is 0 Å². The van der Waals surface area contributed by atoms with E-state index in [2.05, 4.69) is 20.6 Å². The average molecular weight is 349 g/mol. The summed E-state index contributed by atoms with van der Waals surface area (Å²) in [6, 6.07) is 0. The van der Waals surface area contributed by atoms with Gasteiger partial charge in [-0.25, -0.2) is 4.98 Å². The third-order valence-electron chi connectivity index (χ3n) is 4.09. The number of rotatable bonds is 6. The minimum atomic E-state index is -0.364. The summed E-state index contributed by atoms with van der Waals surface area (Å²) in [5.74, 6) is 1.02. The molecule has 1 aliphatic rings.